The van der Waals surface area contributed by atoms with Gasteiger partial charge in [-0.1, -0.05) is 47.1 Å². The largest absolute Gasteiger partial charge is 0.322 e. The summed E-state index contributed by atoms with van der Waals surface area (Å²) in [5, 5.41) is 3.70. The third-order valence-corrected chi connectivity index (χ3v) is 7.58. The van der Waals surface area contributed by atoms with Gasteiger partial charge in [0.2, 0.25) is 0 Å². The number of fused-ring (bicyclic) bond motifs is 1. The average molecular weight is 571 g/mol. The lowest BCUT2D eigenvalue weighted by Gasteiger charge is -2.07. The molecule has 0 fully saturated rings. The van der Waals surface area contributed by atoms with Gasteiger partial charge in [0, 0.05) is 20.0 Å². The number of rotatable bonds is 5. The number of nitrogens with zero attached hydrogens (tertiary/aromatic N) is 1. The van der Waals surface area contributed by atoms with Crippen LogP contribution < -0.4 is 5.32 Å². The summed E-state index contributed by atoms with van der Waals surface area (Å²) in [5.41, 5.74) is 3.27. The number of carbonyl (C=O) groups is 1. The van der Waals surface area contributed by atoms with Gasteiger partial charge < -0.3 is 5.32 Å². The van der Waals surface area contributed by atoms with Gasteiger partial charge in [0.05, 0.1) is 20.8 Å². The Morgan fingerprint density at radius 3 is 2.62 bits per heavy atom. The van der Waals surface area contributed by atoms with Gasteiger partial charge in [-0.05, 0) is 76.7 Å². The second-order valence-corrected chi connectivity index (χ2v) is 10.5. The molecule has 1 N–H and O–H groups in total. The number of nitrogens with one attached hydrogen (secondary N) is 1. The van der Waals surface area contributed by atoms with Crippen molar-refractivity contribution < 1.29 is 4.79 Å². The number of carbonyl (C=O) groups excluding carboxylic acids is 1. The van der Waals surface area contributed by atoms with E-state index in [-0.39, 0.29) is 5.91 Å². The van der Waals surface area contributed by atoms with E-state index in [9.17, 15) is 4.79 Å². The molecule has 1 amide bonds. The number of benzene rings is 3. The molecule has 4 rings (SSSR count). The molecule has 4 aromatic rings. The highest BCUT2D eigenvalue weighted by molar-refractivity contribution is 14.1. The molecule has 29 heavy (non-hydrogen) atoms. The summed E-state index contributed by atoms with van der Waals surface area (Å²) in [6, 6.07) is 19.0. The van der Waals surface area contributed by atoms with Gasteiger partial charge in [0.25, 0.3) is 5.91 Å². The maximum Gasteiger partial charge on any atom is 0.257 e. The first-order valence-corrected chi connectivity index (χ1v) is 12.2. The second kappa shape index (κ2) is 9.22. The van der Waals surface area contributed by atoms with E-state index in [4.69, 9.17) is 23.2 Å². The van der Waals surface area contributed by atoms with E-state index in [1.54, 1.807) is 41.3 Å². The fraction of sp³-hybridized carbons (Fsp3) is 0.0476. The lowest BCUT2D eigenvalue weighted by molar-refractivity contribution is 0.102. The molecule has 0 aliphatic rings. The Bertz CT molecular complexity index is 1200. The Labute approximate surface area is 200 Å². The van der Waals surface area contributed by atoms with E-state index >= 15 is 0 Å². The van der Waals surface area contributed by atoms with Crippen LogP contribution in [0.15, 0.2) is 65.0 Å². The van der Waals surface area contributed by atoms with E-state index in [1.807, 2.05) is 18.2 Å². The summed E-state index contributed by atoms with van der Waals surface area (Å²) < 4.78 is 3.25. The molecule has 3 aromatic carbocycles. The fourth-order valence-electron chi connectivity index (χ4n) is 2.64. The van der Waals surface area contributed by atoms with Crippen LogP contribution in [-0.4, -0.2) is 10.9 Å². The van der Waals surface area contributed by atoms with Crippen molar-refractivity contribution in [1.29, 1.82) is 0 Å². The molecular formula is C21H13Cl2IN2OS2. The van der Waals surface area contributed by atoms with Gasteiger partial charge >= 0.3 is 0 Å². The molecule has 0 aliphatic heterocycles. The van der Waals surface area contributed by atoms with Gasteiger partial charge in [-0.3, -0.25) is 4.79 Å². The van der Waals surface area contributed by atoms with Crippen LogP contribution in [0.4, 0.5) is 5.69 Å². The average Bonchev–Trinajstić information content (AvgIpc) is 3.09. The molecule has 3 nitrogen and oxygen atoms in total. The highest BCUT2D eigenvalue weighted by Crippen LogP contribution is 2.33. The smallest absolute Gasteiger partial charge is 0.257 e. The first kappa shape index (κ1) is 20.9. The molecule has 0 spiro atoms. The van der Waals surface area contributed by atoms with Gasteiger partial charge in [-0.15, -0.1) is 11.3 Å². The molecule has 0 radical (unpaired) electrons. The summed E-state index contributed by atoms with van der Waals surface area (Å²) in [5.74, 6) is 0.596. The zero-order valence-electron chi connectivity index (χ0n) is 14.8. The number of amides is 1. The minimum Gasteiger partial charge on any atom is -0.322 e. The third kappa shape index (κ3) is 5.24. The maximum atomic E-state index is 12.5. The van der Waals surface area contributed by atoms with E-state index in [2.05, 4.69) is 57.2 Å². The van der Waals surface area contributed by atoms with Gasteiger partial charge in [-0.2, -0.15) is 0 Å². The maximum absolute atomic E-state index is 12.5. The van der Waals surface area contributed by atoms with Gasteiger partial charge in [-0.25, -0.2) is 4.98 Å². The van der Waals surface area contributed by atoms with Crippen LogP contribution in [0.1, 0.15) is 15.9 Å². The van der Waals surface area contributed by atoms with Crippen molar-refractivity contribution in [3.05, 3.63) is 85.4 Å². The Kier molecular flexibility index (Phi) is 6.66. The molecule has 0 atom stereocenters. The topological polar surface area (TPSA) is 42.0 Å². The minimum absolute atomic E-state index is 0.274. The highest BCUT2D eigenvalue weighted by Gasteiger charge is 2.12. The van der Waals surface area contributed by atoms with E-state index in [0.29, 0.717) is 21.3 Å². The van der Waals surface area contributed by atoms with Crippen molar-refractivity contribution in [3.63, 3.8) is 0 Å². The molecule has 0 saturated heterocycles. The zero-order chi connectivity index (χ0) is 20.4. The summed E-state index contributed by atoms with van der Waals surface area (Å²) in [7, 11) is 0. The Hall–Kier alpha value is -1.32. The molecule has 0 aliphatic carbocycles. The number of thiazole rings is 1. The first-order valence-electron chi connectivity index (χ1n) is 8.52. The molecule has 146 valence electrons. The van der Waals surface area contributed by atoms with Crippen molar-refractivity contribution in [2.45, 2.75) is 10.1 Å². The molecule has 1 aromatic heterocycles. The van der Waals surface area contributed by atoms with Crippen LogP contribution in [0.5, 0.6) is 0 Å². The number of anilines is 1. The fourth-order valence-corrected chi connectivity index (χ4v) is 5.56. The van der Waals surface area contributed by atoms with Gasteiger partial charge in [0.1, 0.15) is 0 Å². The molecular weight excluding hydrogens is 558 g/mol. The minimum atomic E-state index is -0.274. The molecule has 1 heterocycles. The SMILES string of the molecule is O=C(Nc1ccc2nc(SCc3ccc(I)cc3)sc2c1)c1ccc(Cl)cc1Cl. The van der Waals surface area contributed by atoms with Crippen LogP contribution in [0.3, 0.4) is 0 Å². The number of thioether (sulfide) groups is 1. The summed E-state index contributed by atoms with van der Waals surface area (Å²) >= 11 is 17.7. The number of aromatic nitrogens is 1. The highest BCUT2D eigenvalue weighted by atomic mass is 127. The normalized spacial score (nSPS) is 11.0. The monoisotopic (exact) mass is 570 g/mol. The lowest BCUT2D eigenvalue weighted by Crippen LogP contribution is -2.12. The number of hydrogen-bond acceptors (Lipinski definition) is 4. The third-order valence-electron chi connectivity index (χ3n) is 4.08. The molecule has 8 heteroatoms. The van der Waals surface area contributed by atoms with Crippen LogP contribution in [-0.2, 0) is 5.75 Å². The van der Waals surface area contributed by atoms with Crippen molar-refractivity contribution in [2.24, 2.45) is 0 Å². The van der Waals surface area contributed by atoms with Crippen molar-refractivity contribution >= 4 is 90.7 Å². The van der Waals surface area contributed by atoms with Crippen molar-refractivity contribution in [3.8, 4) is 0 Å². The Morgan fingerprint density at radius 1 is 1.07 bits per heavy atom. The van der Waals surface area contributed by atoms with Crippen LogP contribution in [0.2, 0.25) is 10.0 Å². The molecule has 0 saturated carbocycles. The van der Waals surface area contributed by atoms with Crippen LogP contribution in [0.25, 0.3) is 10.2 Å². The van der Waals surface area contributed by atoms with E-state index in [1.165, 1.54) is 9.13 Å². The predicted molar refractivity (Wildman–Crippen MR) is 133 cm³/mol. The first-order chi connectivity index (χ1) is 14.0. The lowest BCUT2D eigenvalue weighted by atomic mass is 10.2. The summed E-state index contributed by atoms with van der Waals surface area (Å²) in [6.07, 6.45) is 0. The zero-order valence-corrected chi connectivity index (χ0v) is 20.1. The Morgan fingerprint density at radius 2 is 1.86 bits per heavy atom. The van der Waals surface area contributed by atoms with Crippen molar-refractivity contribution in [1.82, 2.24) is 4.98 Å². The summed E-state index contributed by atoms with van der Waals surface area (Å²) in [4.78, 5) is 17.2. The van der Waals surface area contributed by atoms with Crippen LogP contribution in [0, 0.1) is 3.57 Å². The van der Waals surface area contributed by atoms with E-state index in [0.717, 1.165) is 20.3 Å². The number of halogens is 3. The van der Waals surface area contributed by atoms with Crippen LogP contribution >= 0.6 is 68.9 Å². The van der Waals surface area contributed by atoms with Crippen molar-refractivity contribution in [2.75, 3.05) is 5.32 Å². The second-order valence-electron chi connectivity index (χ2n) is 6.16. The molecule has 0 bridgehead atoms. The summed E-state index contributed by atoms with van der Waals surface area (Å²) in [6.45, 7) is 0. The number of hydrogen-bond donors (Lipinski definition) is 1. The Balaban J connectivity index is 1.47. The quantitative estimate of drug-likeness (QED) is 0.197. The standard InChI is InChI=1S/C21H13Cl2IN2OS2/c22-13-3-7-16(17(23)9-13)20(27)25-15-6-8-18-19(10-15)29-21(26-18)28-11-12-1-4-14(24)5-2-12/h1-10H,11H2,(H,25,27). The molecule has 0 unspecified atom stereocenters. The van der Waals surface area contributed by atoms with E-state index < -0.39 is 0 Å². The predicted octanol–water partition coefficient (Wildman–Crippen LogP) is 7.75. The van der Waals surface area contributed by atoms with Gasteiger partial charge in [0.15, 0.2) is 4.34 Å².